The molecule has 1 aromatic rings. The maximum absolute atomic E-state index is 11.8. The second kappa shape index (κ2) is 11.6. The number of guanidine groups is 1. The molecule has 1 aromatic heterocycles. The lowest BCUT2D eigenvalue weighted by Gasteiger charge is -2.36. The fourth-order valence-electron chi connectivity index (χ4n) is 2.85. The highest BCUT2D eigenvalue weighted by molar-refractivity contribution is 14.0. The maximum atomic E-state index is 11.8. The van der Waals surface area contributed by atoms with Crippen LogP contribution in [0.3, 0.4) is 0 Å². The fourth-order valence-corrected chi connectivity index (χ4v) is 3.78. The quantitative estimate of drug-likeness (QED) is 0.386. The lowest BCUT2D eigenvalue weighted by Crippen LogP contribution is -2.54. The number of hydrogen-bond acceptors (Lipinski definition) is 5. The summed E-state index contributed by atoms with van der Waals surface area (Å²) in [6, 6.07) is 4.55. The summed E-state index contributed by atoms with van der Waals surface area (Å²) in [4.78, 5) is 23.7. The molecule has 9 heteroatoms. The van der Waals surface area contributed by atoms with E-state index in [-0.39, 0.29) is 30.1 Å². The Bertz CT molecular complexity index is 560. The second-order valence-electron chi connectivity index (χ2n) is 6.10. The lowest BCUT2D eigenvalue weighted by molar-refractivity contribution is 0.0914. The van der Waals surface area contributed by atoms with Gasteiger partial charge in [-0.3, -0.25) is 4.99 Å². The van der Waals surface area contributed by atoms with Crippen LogP contribution in [0.25, 0.3) is 0 Å². The molecule has 0 aromatic carbocycles. The van der Waals surface area contributed by atoms with Crippen molar-refractivity contribution in [1.29, 1.82) is 0 Å². The SMILES string of the molecule is CCOC(=O)N1CCN(C(=NC)NCC(c2cccs2)N(C)C)CC1.I. The van der Waals surface area contributed by atoms with Crippen LogP contribution in [0, 0.1) is 0 Å². The smallest absolute Gasteiger partial charge is 0.409 e. The molecular formula is C17H30IN5O2S. The minimum absolute atomic E-state index is 0. The van der Waals surface area contributed by atoms with E-state index in [1.165, 1.54) is 4.88 Å². The van der Waals surface area contributed by atoms with Gasteiger partial charge in [-0.25, -0.2) is 4.79 Å². The summed E-state index contributed by atoms with van der Waals surface area (Å²) >= 11 is 1.77. The van der Waals surface area contributed by atoms with E-state index in [0.717, 1.165) is 25.6 Å². The van der Waals surface area contributed by atoms with Crippen molar-refractivity contribution in [3.05, 3.63) is 22.4 Å². The van der Waals surface area contributed by atoms with Gasteiger partial charge in [0.05, 0.1) is 12.6 Å². The number of hydrogen-bond donors (Lipinski definition) is 1. The molecule has 0 aliphatic carbocycles. The van der Waals surface area contributed by atoms with Crippen molar-refractivity contribution in [3.8, 4) is 0 Å². The van der Waals surface area contributed by atoms with Gasteiger partial charge in [0.25, 0.3) is 0 Å². The molecule has 0 radical (unpaired) electrons. The van der Waals surface area contributed by atoms with Crippen molar-refractivity contribution in [2.45, 2.75) is 13.0 Å². The van der Waals surface area contributed by atoms with E-state index in [2.05, 4.69) is 51.7 Å². The summed E-state index contributed by atoms with van der Waals surface area (Å²) in [5.41, 5.74) is 0. The number of carbonyl (C=O) groups is 1. The Balaban J connectivity index is 0.00000338. The fraction of sp³-hybridized carbons (Fsp3) is 0.647. The molecule has 0 spiro atoms. The zero-order chi connectivity index (χ0) is 18.2. The number of likely N-dealkylation sites (N-methyl/N-ethyl adjacent to an activating group) is 1. The third kappa shape index (κ3) is 6.27. The molecule has 2 heterocycles. The van der Waals surface area contributed by atoms with E-state index >= 15 is 0 Å². The first-order valence-corrected chi connectivity index (χ1v) is 9.51. The van der Waals surface area contributed by atoms with Gasteiger partial charge in [-0.1, -0.05) is 6.07 Å². The van der Waals surface area contributed by atoms with Crippen LogP contribution >= 0.6 is 35.3 Å². The van der Waals surface area contributed by atoms with E-state index in [1.54, 1.807) is 23.3 Å². The van der Waals surface area contributed by atoms with Crippen LogP contribution in [0.5, 0.6) is 0 Å². The number of carbonyl (C=O) groups excluding carboxylic acids is 1. The number of halogens is 1. The Hall–Kier alpha value is -1.07. The van der Waals surface area contributed by atoms with E-state index in [1.807, 2.05) is 6.92 Å². The van der Waals surface area contributed by atoms with E-state index in [0.29, 0.717) is 25.7 Å². The van der Waals surface area contributed by atoms with Crippen LogP contribution in [0.2, 0.25) is 0 Å². The van der Waals surface area contributed by atoms with Crippen molar-refractivity contribution in [1.82, 2.24) is 20.0 Å². The van der Waals surface area contributed by atoms with Crippen LogP contribution in [0.15, 0.2) is 22.5 Å². The van der Waals surface area contributed by atoms with Crippen LogP contribution in [0.1, 0.15) is 17.8 Å². The van der Waals surface area contributed by atoms with E-state index in [9.17, 15) is 4.79 Å². The Morgan fingerprint density at radius 2 is 2.00 bits per heavy atom. The van der Waals surface area contributed by atoms with Gasteiger partial charge in [0.15, 0.2) is 5.96 Å². The lowest BCUT2D eigenvalue weighted by atomic mass is 10.2. The summed E-state index contributed by atoms with van der Waals surface area (Å²) in [6.45, 7) is 5.85. The third-order valence-corrected chi connectivity index (χ3v) is 5.24. The number of piperazine rings is 1. The summed E-state index contributed by atoms with van der Waals surface area (Å²) in [5, 5.41) is 5.59. The van der Waals surface area contributed by atoms with Gasteiger partial charge in [-0.15, -0.1) is 35.3 Å². The number of nitrogens with zero attached hydrogens (tertiary/aromatic N) is 4. The third-order valence-electron chi connectivity index (χ3n) is 4.27. The zero-order valence-electron chi connectivity index (χ0n) is 16.0. The van der Waals surface area contributed by atoms with E-state index in [4.69, 9.17) is 4.74 Å². The van der Waals surface area contributed by atoms with Crippen molar-refractivity contribution in [2.75, 3.05) is 60.5 Å². The molecule has 1 aliphatic heterocycles. The van der Waals surface area contributed by atoms with Gasteiger partial charge >= 0.3 is 6.09 Å². The van der Waals surface area contributed by atoms with Crippen molar-refractivity contribution in [2.24, 2.45) is 4.99 Å². The number of amides is 1. The number of aliphatic imine (C=N–C) groups is 1. The zero-order valence-corrected chi connectivity index (χ0v) is 19.1. The monoisotopic (exact) mass is 495 g/mol. The minimum atomic E-state index is -0.226. The first kappa shape index (κ1) is 23.0. The van der Waals surface area contributed by atoms with Gasteiger partial charge in [0.1, 0.15) is 0 Å². The summed E-state index contributed by atoms with van der Waals surface area (Å²) in [5.74, 6) is 0.881. The molecular weight excluding hydrogens is 465 g/mol. The number of ether oxygens (including phenoxy) is 1. The minimum Gasteiger partial charge on any atom is -0.450 e. The molecule has 1 atom stereocenters. The maximum Gasteiger partial charge on any atom is 0.409 e. The predicted molar refractivity (Wildman–Crippen MR) is 118 cm³/mol. The highest BCUT2D eigenvalue weighted by Gasteiger charge is 2.24. The molecule has 0 bridgehead atoms. The first-order valence-electron chi connectivity index (χ1n) is 8.64. The van der Waals surface area contributed by atoms with Crippen molar-refractivity contribution in [3.63, 3.8) is 0 Å². The average molecular weight is 495 g/mol. The van der Waals surface area contributed by atoms with Gasteiger partial charge in [0.2, 0.25) is 0 Å². The molecule has 1 fully saturated rings. The summed E-state index contributed by atoms with van der Waals surface area (Å²) in [6.07, 6.45) is -0.226. The molecule has 1 N–H and O–H groups in total. The van der Waals surface area contributed by atoms with Crippen LogP contribution in [-0.4, -0.2) is 87.2 Å². The van der Waals surface area contributed by atoms with E-state index < -0.39 is 0 Å². The number of thiophene rings is 1. The molecule has 7 nitrogen and oxygen atoms in total. The van der Waals surface area contributed by atoms with Crippen LogP contribution < -0.4 is 5.32 Å². The highest BCUT2D eigenvalue weighted by atomic mass is 127. The molecule has 1 unspecified atom stereocenters. The van der Waals surface area contributed by atoms with Crippen molar-refractivity contribution < 1.29 is 9.53 Å². The van der Waals surface area contributed by atoms with Gasteiger partial charge in [-0.2, -0.15) is 0 Å². The molecule has 1 aliphatic rings. The van der Waals surface area contributed by atoms with Crippen molar-refractivity contribution >= 4 is 47.4 Å². The molecule has 2 rings (SSSR count). The van der Waals surface area contributed by atoms with Gasteiger partial charge in [0, 0.05) is 44.6 Å². The first-order chi connectivity index (χ1) is 12.1. The standard InChI is InChI=1S/C17H29N5O2S.HI/c1-5-24-17(23)22-10-8-21(9-11-22)16(18-2)19-13-14(20(3)4)15-7-6-12-25-15;/h6-7,12,14H,5,8-11,13H2,1-4H3,(H,18,19);1H. The highest BCUT2D eigenvalue weighted by Crippen LogP contribution is 2.22. The number of rotatable bonds is 5. The molecule has 148 valence electrons. The Morgan fingerprint density at radius 1 is 1.35 bits per heavy atom. The van der Waals surface area contributed by atoms with Crippen LogP contribution in [-0.2, 0) is 4.74 Å². The Labute approximate surface area is 177 Å². The molecule has 26 heavy (non-hydrogen) atoms. The largest absolute Gasteiger partial charge is 0.450 e. The number of nitrogens with one attached hydrogen (secondary N) is 1. The topological polar surface area (TPSA) is 60.4 Å². The predicted octanol–water partition coefficient (Wildman–Crippen LogP) is 2.32. The Morgan fingerprint density at radius 3 is 2.50 bits per heavy atom. The normalized spacial score (nSPS) is 16.3. The second-order valence-corrected chi connectivity index (χ2v) is 7.08. The molecule has 1 amide bonds. The Kier molecular flexibility index (Phi) is 10.3. The van der Waals surface area contributed by atoms with Crippen LogP contribution in [0.4, 0.5) is 4.79 Å². The van der Waals surface area contributed by atoms with Gasteiger partial charge in [-0.05, 0) is 32.5 Å². The molecule has 0 saturated carbocycles. The summed E-state index contributed by atoms with van der Waals surface area (Å²) < 4.78 is 5.07. The molecule has 1 saturated heterocycles. The summed E-state index contributed by atoms with van der Waals surface area (Å²) in [7, 11) is 5.98. The van der Waals surface area contributed by atoms with Gasteiger partial charge < -0.3 is 24.8 Å². The average Bonchev–Trinajstić information content (AvgIpc) is 3.13.